The van der Waals surface area contributed by atoms with Gasteiger partial charge in [0.25, 0.3) is 0 Å². The van der Waals surface area contributed by atoms with Crippen LogP contribution >= 0.6 is 0 Å². The molecule has 0 N–H and O–H groups in total. The van der Waals surface area contributed by atoms with Gasteiger partial charge in [0.15, 0.2) is 0 Å². The SMILES string of the molecule is CC1(N=C=O)Cc2ccccc2C1. The molecule has 2 nitrogen and oxygen atoms in total. The minimum atomic E-state index is -0.245. The predicted octanol–water partition coefficient (Wildman–Crippen LogP) is 1.88. The molecule has 1 aliphatic rings. The van der Waals surface area contributed by atoms with Gasteiger partial charge in [0.1, 0.15) is 0 Å². The third-order valence-electron chi connectivity index (χ3n) is 2.58. The monoisotopic (exact) mass is 173 g/mol. The molecular formula is C11H11NO. The maximum Gasteiger partial charge on any atom is 0.235 e. The number of aliphatic imine (C=N–C) groups is 1. The van der Waals surface area contributed by atoms with Gasteiger partial charge in [-0.2, -0.15) is 4.99 Å². The van der Waals surface area contributed by atoms with Crippen LogP contribution in [0.2, 0.25) is 0 Å². The summed E-state index contributed by atoms with van der Waals surface area (Å²) in [6, 6.07) is 8.24. The highest BCUT2D eigenvalue weighted by molar-refractivity contribution is 5.41. The number of isocyanates is 1. The molecule has 66 valence electrons. The first-order chi connectivity index (χ1) is 6.23. The molecule has 0 atom stereocenters. The van der Waals surface area contributed by atoms with E-state index in [1.165, 1.54) is 11.1 Å². The lowest BCUT2D eigenvalue weighted by atomic mass is 10.0. The smallest absolute Gasteiger partial charge is 0.211 e. The Hall–Kier alpha value is -1.40. The van der Waals surface area contributed by atoms with Crippen molar-refractivity contribution in [1.29, 1.82) is 0 Å². The molecule has 0 radical (unpaired) electrons. The van der Waals surface area contributed by atoms with E-state index in [-0.39, 0.29) is 5.54 Å². The van der Waals surface area contributed by atoms with Gasteiger partial charge in [-0.1, -0.05) is 24.3 Å². The van der Waals surface area contributed by atoms with Crippen LogP contribution in [-0.2, 0) is 17.6 Å². The number of rotatable bonds is 1. The van der Waals surface area contributed by atoms with Gasteiger partial charge in [-0.15, -0.1) is 0 Å². The lowest BCUT2D eigenvalue weighted by molar-refractivity contribution is 0.487. The first kappa shape index (κ1) is 8.21. The molecule has 0 heterocycles. The van der Waals surface area contributed by atoms with Crippen molar-refractivity contribution < 1.29 is 4.79 Å². The number of hydrogen-bond acceptors (Lipinski definition) is 2. The summed E-state index contributed by atoms with van der Waals surface area (Å²) < 4.78 is 0. The highest BCUT2D eigenvalue weighted by atomic mass is 16.1. The van der Waals surface area contributed by atoms with E-state index in [1.54, 1.807) is 6.08 Å². The van der Waals surface area contributed by atoms with E-state index in [2.05, 4.69) is 17.1 Å². The van der Waals surface area contributed by atoms with Crippen LogP contribution in [0, 0.1) is 0 Å². The van der Waals surface area contributed by atoms with E-state index < -0.39 is 0 Å². The predicted molar refractivity (Wildman–Crippen MR) is 50.4 cm³/mol. The Bertz CT molecular complexity index is 352. The molecular weight excluding hydrogens is 162 g/mol. The molecule has 0 saturated carbocycles. The van der Waals surface area contributed by atoms with Crippen molar-refractivity contribution in [3.63, 3.8) is 0 Å². The third-order valence-corrected chi connectivity index (χ3v) is 2.58. The van der Waals surface area contributed by atoms with E-state index in [9.17, 15) is 4.79 Å². The van der Waals surface area contributed by atoms with Crippen molar-refractivity contribution in [1.82, 2.24) is 0 Å². The van der Waals surface area contributed by atoms with E-state index in [4.69, 9.17) is 0 Å². The van der Waals surface area contributed by atoms with Crippen molar-refractivity contribution in [2.75, 3.05) is 0 Å². The maximum atomic E-state index is 10.2. The number of hydrogen-bond donors (Lipinski definition) is 0. The van der Waals surface area contributed by atoms with Crippen LogP contribution in [0.5, 0.6) is 0 Å². The Kier molecular flexibility index (Phi) is 1.78. The minimum Gasteiger partial charge on any atom is -0.211 e. The summed E-state index contributed by atoms with van der Waals surface area (Å²) in [7, 11) is 0. The van der Waals surface area contributed by atoms with Crippen LogP contribution in [0.25, 0.3) is 0 Å². The molecule has 0 fully saturated rings. The first-order valence-corrected chi connectivity index (χ1v) is 4.39. The maximum absolute atomic E-state index is 10.2. The van der Waals surface area contributed by atoms with Gasteiger partial charge in [-0.3, -0.25) is 0 Å². The highest BCUT2D eigenvalue weighted by Gasteiger charge is 2.32. The summed E-state index contributed by atoms with van der Waals surface area (Å²) >= 11 is 0. The fourth-order valence-corrected chi connectivity index (χ4v) is 1.97. The summed E-state index contributed by atoms with van der Waals surface area (Å²) in [5.74, 6) is 0. The van der Waals surface area contributed by atoms with Crippen LogP contribution in [0.1, 0.15) is 18.1 Å². The molecule has 1 aliphatic carbocycles. The number of benzene rings is 1. The van der Waals surface area contributed by atoms with Crippen LogP contribution in [0.3, 0.4) is 0 Å². The highest BCUT2D eigenvalue weighted by Crippen LogP contribution is 2.31. The molecule has 13 heavy (non-hydrogen) atoms. The first-order valence-electron chi connectivity index (χ1n) is 4.39. The largest absolute Gasteiger partial charge is 0.235 e. The van der Waals surface area contributed by atoms with Gasteiger partial charge >= 0.3 is 0 Å². The van der Waals surface area contributed by atoms with Crippen molar-refractivity contribution >= 4 is 6.08 Å². The molecule has 0 spiro atoms. The van der Waals surface area contributed by atoms with Gasteiger partial charge in [0.2, 0.25) is 6.08 Å². The number of nitrogens with zero attached hydrogens (tertiary/aromatic N) is 1. The number of carbonyl (C=O) groups excluding carboxylic acids is 1. The lowest BCUT2D eigenvalue weighted by Gasteiger charge is -2.13. The Morgan fingerprint density at radius 2 is 1.85 bits per heavy atom. The molecule has 1 aromatic rings. The summed E-state index contributed by atoms with van der Waals surface area (Å²) in [6.07, 6.45) is 3.38. The van der Waals surface area contributed by atoms with Crippen LogP contribution in [0.4, 0.5) is 0 Å². The number of fused-ring (bicyclic) bond motifs is 1. The average molecular weight is 173 g/mol. The van der Waals surface area contributed by atoms with E-state index in [0.717, 1.165) is 12.8 Å². The fourth-order valence-electron chi connectivity index (χ4n) is 1.97. The molecule has 2 heteroatoms. The normalized spacial score (nSPS) is 17.6. The molecule has 2 rings (SSSR count). The van der Waals surface area contributed by atoms with Gasteiger partial charge in [0.05, 0.1) is 5.54 Å². The Labute approximate surface area is 77.3 Å². The molecule has 0 saturated heterocycles. The molecule has 0 bridgehead atoms. The molecule has 0 aromatic heterocycles. The van der Waals surface area contributed by atoms with E-state index >= 15 is 0 Å². The van der Waals surface area contributed by atoms with Crippen LogP contribution in [0.15, 0.2) is 29.3 Å². The Morgan fingerprint density at radius 3 is 2.31 bits per heavy atom. The third kappa shape index (κ3) is 1.41. The topological polar surface area (TPSA) is 29.4 Å². The molecule has 0 aliphatic heterocycles. The van der Waals surface area contributed by atoms with Gasteiger partial charge in [-0.05, 0) is 30.9 Å². The molecule has 0 unspecified atom stereocenters. The van der Waals surface area contributed by atoms with Crippen molar-refractivity contribution in [3.05, 3.63) is 35.4 Å². The Balaban J connectivity index is 2.36. The second kappa shape index (κ2) is 2.82. The zero-order valence-corrected chi connectivity index (χ0v) is 7.58. The van der Waals surface area contributed by atoms with Crippen molar-refractivity contribution in [3.8, 4) is 0 Å². The van der Waals surface area contributed by atoms with Crippen LogP contribution < -0.4 is 0 Å². The zero-order valence-electron chi connectivity index (χ0n) is 7.58. The van der Waals surface area contributed by atoms with Crippen molar-refractivity contribution in [2.24, 2.45) is 4.99 Å². The lowest BCUT2D eigenvalue weighted by Crippen LogP contribution is -2.21. The average Bonchev–Trinajstić information content (AvgIpc) is 2.40. The standard InChI is InChI=1S/C11H11NO/c1-11(12-8-13)6-9-4-2-3-5-10(9)7-11/h2-5H,6-7H2,1H3. The quantitative estimate of drug-likeness (QED) is 0.471. The molecule has 1 aromatic carbocycles. The summed E-state index contributed by atoms with van der Waals surface area (Å²) in [5.41, 5.74) is 2.37. The second-order valence-electron chi connectivity index (χ2n) is 3.82. The summed E-state index contributed by atoms with van der Waals surface area (Å²) in [6.45, 7) is 2.00. The van der Waals surface area contributed by atoms with E-state index in [0.29, 0.717) is 0 Å². The van der Waals surface area contributed by atoms with Crippen molar-refractivity contribution in [2.45, 2.75) is 25.3 Å². The van der Waals surface area contributed by atoms with Gasteiger partial charge in [0, 0.05) is 0 Å². The Morgan fingerprint density at radius 1 is 1.31 bits per heavy atom. The second-order valence-corrected chi connectivity index (χ2v) is 3.82. The van der Waals surface area contributed by atoms with Crippen LogP contribution in [-0.4, -0.2) is 11.6 Å². The van der Waals surface area contributed by atoms with Gasteiger partial charge in [-0.25, -0.2) is 4.79 Å². The fraction of sp³-hybridized carbons (Fsp3) is 0.364. The zero-order chi connectivity index (χ0) is 9.31. The molecule has 0 amide bonds. The van der Waals surface area contributed by atoms with Gasteiger partial charge < -0.3 is 0 Å². The van der Waals surface area contributed by atoms with E-state index in [1.807, 2.05) is 19.1 Å². The summed E-state index contributed by atoms with van der Waals surface area (Å²) in [5, 5.41) is 0. The minimum absolute atomic E-state index is 0.245. The summed E-state index contributed by atoms with van der Waals surface area (Å²) in [4.78, 5) is 14.1.